The Kier molecular flexibility index (Phi) is 3.79. The van der Waals surface area contributed by atoms with Gasteiger partial charge in [0.2, 0.25) is 0 Å². The summed E-state index contributed by atoms with van der Waals surface area (Å²) in [5.41, 5.74) is 4.82. The van der Waals surface area contributed by atoms with Crippen molar-refractivity contribution in [3.63, 3.8) is 0 Å². The van der Waals surface area contributed by atoms with Crippen molar-refractivity contribution in [2.24, 2.45) is 5.84 Å². The number of halogens is 2. The Hall–Kier alpha value is -2.08. The van der Waals surface area contributed by atoms with Gasteiger partial charge in [0.1, 0.15) is 17.5 Å². The summed E-state index contributed by atoms with van der Waals surface area (Å²) in [5, 5.41) is 0. The first kappa shape index (κ1) is 13.9. The Labute approximate surface area is 121 Å². The zero-order valence-corrected chi connectivity index (χ0v) is 11.5. The van der Waals surface area contributed by atoms with E-state index in [-0.39, 0.29) is 0 Å². The molecule has 2 aromatic rings. The molecule has 3 rings (SSSR count). The number of nitrogens with zero attached hydrogens (tertiary/aromatic N) is 2. The SMILES string of the molecule is NNc1nc(-c2cc(F)cc(F)c2)nc2c1CCCCC2. The highest BCUT2D eigenvalue weighted by Crippen LogP contribution is 2.28. The molecule has 4 nitrogen and oxygen atoms in total. The predicted octanol–water partition coefficient (Wildman–Crippen LogP) is 2.98. The average molecular weight is 290 g/mol. The maximum Gasteiger partial charge on any atom is 0.162 e. The molecule has 1 aliphatic carbocycles. The van der Waals surface area contributed by atoms with Crippen LogP contribution in [0.5, 0.6) is 0 Å². The topological polar surface area (TPSA) is 63.8 Å². The highest BCUT2D eigenvalue weighted by molar-refractivity contribution is 5.60. The van der Waals surface area contributed by atoms with Crippen LogP contribution < -0.4 is 11.3 Å². The smallest absolute Gasteiger partial charge is 0.162 e. The number of fused-ring (bicyclic) bond motifs is 1. The van der Waals surface area contributed by atoms with Gasteiger partial charge < -0.3 is 5.43 Å². The van der Waals surface area contributed by atoms with E-state index in [4.69, 9.17) is 5.84 Å². The molecule has 0 saturated carbocycles. The molecule has 0 atom stereocenters. The van der Waals surface area contributed by atoms with Gasteiger partial charge in [0, 0.05) is 22.9 Å². The van der Waals surface area contributed by atoms with Crippen LogP contribution in [-0.4, -0.2) is 9.97 Å². The summed E-state index contributed by atoms with van der Waals surface area (Å²) in [6.45, 7) is 0. The summed E-state index contributed by atoms with van der Waals surface area (Å²) in [4.78, 5) is 8.81. The minimum Gasteiger partial charge on any atom is -0.308 e. The second-order valence-electron chi connectivity index (χ2n) is 5.18. The fraction of sp³-hybridized carbons (Fsp3) is 0.333. The molecule has 0 radical (unpaired) electrons. The van der Waals surface area contributed by atoms with Crippen molar-refractivity contribution in [3.8, 4) is 11.4 Å². The summed E-state index contributed by atoms with van der Waals surface area (Å²) in [7, 11) is 0. The summed E-state index contributed by atoms with van der Waals surface area (Å²) >= 11 is 0. The number of aryl methyl sites for hydroxylation is 1. The number of hydrogen-bond donors (Lipinski definition) is 2. The van der Waals surface area contributed by atoms with Gasteiger partial charge in [0.05, 0.1) is 0 Å². The predicted molar refractivity (Wildman–Crippen MR) is 76.5 cm³/mol. The zero-order valence-electron chi connectivity index (χ0n) is 11.5. The third-order valence-electron chi connectivity index (χ3n) is 3.69. The highest BCUT2D eigenvalue weighted by atomic mass is 19.1. The molecule has 0 aliphatic heterocycles. The second kappa shape index (κ2) is 5.73. The lowest BCUT2D eigenvalue weighted by Crippen LogP contribution is -2.14. The fourth-order valence-electron chi connectivity index (χ4n) is 2.70. The highest BCUT2D eigenvalue weighted by Gasteiger charge is 2.17. The van der Waals surface area contributed by atoms with Crippen molar-refractivity contribution in [3.05, 3.63) is 41.1 Å². The monoisotopic (exact) mass is 290 g/mol. The maximum atomic E-state index is 13.4. The molecule has 0 spiro atoms. The Morgan fingerprint density at radius 3 is 2.38 bits per heavy atom. The van der Waals surface area contributed by atoms with Crippen LogP contribution in [0, 0.1) is 11.6 Å². The van der Waals surface area contributed by atoms with Gasteiger partial charge in [-0.05, 0) is 37.8 Å². The van der Waals surface area contributed by atoms with Crippen LogP contribution in [0.3, 0.4) is 0 Å². The number of nitrogens with two attached hydrogens (primary N) is 1. The van der Waals surface area contributed by atoms with Crippen LogP contribution in [0.1, 0.15) is 30.5 Å². The van der Waals surface area contributed by atoms with E-state index in [0.29, 0.717) is 17.2 Å². The van der Waals surface area contributed by atoms with Crippen LogP contribution in [0.25, 0.3) is 11.4 Å². The number of hydrazine groups is 1. The molecule has 1 aliphatic rings. The van der Waals surface area contributed by atoms with Gasteiger partial charge in [-0.15, -0.1) is 0 Å². The number of hydrogen-bond acceptors (Lipinski definition) is 4. The quantitative estimate of drug-likeness (QED) is 0.507. The molecule has 1 heterocycles. The molecule has 3 N–H and O–H groups in total. The van der Waals surface area contributed by atoms with Crippen molar-refractivity contribution in [1.82, 2.24) is 9.97 Å². The Morgan fingerprint density at radius 2 is 1.67 bits per heavy atom. The first-order valence-electron chi connectivity index (χ1n) is 7.00. The molecule has 0 amide bonds. The van der Waals surface area contributed by atoms with Crippen LogP contribution in [0.4, 0.5) is 14.6 Å². The van der Waals surface area contributed by atoms with Gasteiger partial charge in [0.15, 0.2) is 5.82 Å². The van der Waals surface area contributed by atoms with E-state index in [1.54, 1.807) is 0 Å². The van der Waals surface area contributed by atoms with Crippen LogP contribution in [0.2, 0.25) is 0 Å². The Balaban J connectivity index is 2.13. The van der Waals surface area contributed by atoms with Crippen LogP contribution >= 0.6 is 0 Å². The van der Waals surface area contributed by atoms with Crippen molar-refractivity contribution in [2.75, 3.05) is 5.43 Å². The van der Waals surface area contributed by atoms with E-state index in [0.717, 1.165) is 49.4 Å². The molecule has 0 bridgehead atoms. The lowest BCUT2D eigenvalue weighted by molar-refractivity contribution is 0.584. The minimum atomic E-state index is -0.647. The van der Waals surface area contributed by atoms with Gasteiger partial charge in [-0.3, -0.25) is 0 Å². The number of anilines is 1. The van der Waals surface area contributed by atoms with Gasteiger partial charge in [-0.25, -0.2) is 24.6 Å². The van der Waals surface area contributed by atoms with Crippen molar-refractivity contribution < 1.29 is 8.78 Å². The normalized spacial score (nSPS) is 14.4. The maximum absolute atomic E-state index is 13.4. The summed E-state index contributed by atoms with van der Waals surface area (Å²) in [5.74, 6) is 5.09. The van der Waals surface area contributed by atoms with Gasteiger partial charge in [0.25, 0.3) is 0 Å². The number of benzene rings is 1. The Morgan fingerprint density at radius 1 is 0.952 bits per heavy atom. The molecule has 110 valence electrons. The minimum absolute atomic E-state index is 0.294. The molecule has 1 aromatic heterocycles. The third kappa shape index (κ3) is 2.85. The van der Waals surface area contributed by atoms with Crippen molar-refractivity contribution in [2.45, 2.75) is 32.1 Å². The third-order valence-corrected chi connectivity index (χ3v) is 3.69. The van der Waals surface area contributed by atoms with Gasteiger partial charge >= 0.3 is 0 Å². The molecule has 6 heteroatoms. The van der Waals surface area contributed by atoms with E-state index in [9.17, 15) is 8.78 Å². The first-order chi connectivity index (χ1) is 10.2. The Bertz CT molecular complexity index is 653. The molecular formula is C15H16F2N4. The van der Waals surface area contributed by atoms with Crippen molar-refractivity contribution in [1.29, 1.82) is 0 Å². The summed E-state index contributed by atoms with van der Waals surface area (Å²) < 4.78 is 26.7. The zero-order chi connectivity index (χ0) is 14.8. The van der Waals surface area contributed by atoms with E-state index < -0.39 is 11.6 Å². The standard InChI is InChI=1S/C15H16F2N4/c16-10-6-9(7-11(17)8-10)14-19-13-5-3-1-2-4-12(13)15(20-14)21-18/h6-8H,1-5,18H2,(H,19,20,21). The largest absolute Gasteiger partial charge is 0.308 e. The van der Waals surface area contributed by atoms with Gasteiger partial charge in [-0.1, -0.05) is 6.42 Å². The number of rotatable bonds is 2. The van der Waals surface area contributed by atoms with Crippen LogP contribution in [0.15, 0.2) is 18.2 Å². The van der Waals surface area contributed by atoms with Crippen molar-refractivity contribution >= 4 is 5.82 Å². The summed E-state index contributed by atoms with van der Waals surface area (Å²) in [6, 6.07) is 3.28. The second-order valence-corrected chi connectivity index (χ2v) is 5.18. The molecule has 0 fully saturated rings. The molecule has 0 saturated heterocycles. The van der Waals surface area contributed by atoms with E-state index >= 15 is 0 Å². The van der Waals surface area contributed by atoms with Gasteiger partial charge in [-0.2, -0.15) is 0 Å². The first-order valence-corrected chi connectivity index (χ1v) is 7.00. The van der Waals surface area contributed by atoms with E-state index in [1.807, 2.05) is 0 Å². The average Bonchev–Trinajstić information content (AvgIpc) is 2.70. The molecular weight excluding hydrogens is 274 g/mol. The van der Waals surface area contributed by atoms with E-state index in [1.165, 1.54) is 12.1 Å². The lowest BCUT2D eigenvalue weighted by atomic mass is 10.1. The number of nitrogen functional groups attached to an aromatic ring is 1. The molecule has 1 aromatic carbocycles. The molecule has 21 heavy (non-hydrogen) atoms. The lowest BCUT2D eigenvalue weighted by Gasteiger charge is -2.13. The van der Waals surface area contributed by atoms with E-state index in [2.05, 4.69) is 15.4 Å². The summed E-state index contributed by atoms with van der Waals surface area (Å²) in [6.07, 6.45) is 4.94. The molecule has 0 unspecified atom stereocenters. The number of nitrogens with one attached hydrogen (secondary N) is 1. The number of aromatic nitrogens is 2. The fourth-order valence-corrected chi connectivity index (χ4v) is 2.70. The van der Waals surface area contributed by atoms with Crippen LogP contribution in [-0.2, 0) is 12.8 Å².